The van der Waals surface area contributed by atoms with Crippen LogP contribution in [-0.4, -0.2) is 36.2 Å². The van der Waals surface area contributed by atoms with E-state index in [1.807, 2.05) is 18.2 Å². The minimum absolute atomic E-state index is 0.706. The fourth-order valence-electron chi connectivity index (χ4n) is 2.85. The van der Waals surface area contributed by atoms with Crippen LogP contribution >= 0.6 is 0 Å². The summed E-state index contributed by atoms with van der Waals surface area (Å²) in [6.07, 6.45) is 4.17. The summed E-state index contributed by atoms with van der Waals surface area (Å²) in [6.45, 7) is 7.51. The number of hydrogen-bond donors (Lipinski definition) is 1. The molecular weight excluding hydrogens is 266 g/mol. The molecule has 0 aromatic carbocycles. The molecule has 2 aromatic rings. The third-order valence-corrected chi connectivity index (χ3v) is 4.10. The Morgan fingerprint density at radius 3 is 2.90 bits per heavy atom. The Morgan fingerprint density at radius 1 is 1.33 bits per heavy atom. The van der Waals surface area contributed by atoms with Crippen LogP contribution in [0.25, 0.3) is 11.5 Å². The first kappa shape index (κ1) is 14.4. The van der Waals surface area contributed by atoms with Crippen molar-refractivity contribution in [3.63, 3.8) is 0 Å². The first-order valence-electron chi connectivity index (χ1n) is 7.77. The van der Waals surface area contributed by atoms with E-state index in [9.17, 15) is 0 Å². The summed E-state index contributed by atoms with van der Waals surface area (Å²) in [6, 6.07) is 5.71. The van der Waals surface area contributed by atoms with Crippen molar-refractivity contribution < 1.29 is 8.94 Å². The Balaban J connectivity index is 1.49. The summed E-state index contributed by atoms with van der Waals surface area (Å²) in [5.74, 6) is 2.26. The van der Waals surface area contributed by atoms with E-state index >= 15 is 0 Å². The smallest absolute Gasteiger partial charge is 0.202 e. The molecule has 5 nitrogen and oxygen atoms in total. The van der Waals surface area contributed by atoms with E-state index in [1.165, 1.54) is 12.8 Å². The Labute approximate surface area is 125 Å². The monoisotopic (exact) mass is 289 g/mol. The lowest BCUT2D eigenvalue weighted by Crippen LogP contribution is -2.36. The SMILES string of the molecule is CCNCC1CCN(Cc2cc(-c3ccco3)on2)CC1. The first-order valence-corrected chi connectivity index (χ1v) is 7.77. The zero-order chi connectivity index (χ0) is 14.5. The molecule has 0 atom stereocenters. The number of nitrogens with zero attached hydrogens (tertiary/aromatic N) is 2. The summed E-state index contributed by atoms with van der Waals surface area (Å²) < 4.78 is 10.7. The Hall–Kier alpha value is -1.59. The van der Waals surface area contributed by atoms with Gasteiger partial charge in [-0.05, 0) is 57.1 Å². The number of nitrogens with one attached hydrogen (secondary N) is 1. The molecule has 0 radical (unpaired) electrons. The summed E-state index contributed by atoms with van der Waals surface area (Å²) in [5, 5.41) is 7.59. The van der Waals surface area contributed by atoms with Gasteiger partial charge in [-0.3, -0.25) is 4.90 Å². The average Bonchev–Trinajstić information content (AvgIpc) is 3.17. The maximum atomic E-state index is 5.34. The predicted molar refractivity (Wildman–Crippen MR) is 80.7 cm³/mol. The normalized spacial score (nSPS) is 17.4. The number of likely N-dealkylation sites (tertiary alicyclic amines) is 1. The van der Waals surface area contributed by atoms with Gasteiger partial charge in [-0.25, -0.2) is 0 Å². The number of hydrogen-bond acceptors (Lipinski definition) is 5. The van der Waals surface area contributed by atoms with E-state index in [4.69, 9.17) is 8.94 Å². The standard InChI is InChI=1S/C16H23N3O2/c1-2-17-11-13-5-7-19(8-6-13)12-14-10-16(21-18-14)15-4-3-9-20-15/h3-4,9-10,13,17H,2,5-8,11-12H2,1H3. The molecule has 0 unspecified atom stereocenters. The van der Waals surface area contributed by atoms with Gasteiger partial charge < -0.3 is 14.3 Å². The molecule has 1 saturated heterocycles. The van der Waals surface area contributed by atoms with Crippen LogP contribution in [0.15, 0.2) is 33.4 Å². The van der Waals surface area contributed by atoms with E-state index in [-0.39, 0.29) is 0 Å². The lowest BCUT2D eigenvalue weighted by molar-refractivity contribution is 0.172. The molecule has 1 aliphatic rings. The maximum absolute atomic E-state index is 5.34. The van der Waals surface area contributed by atoms with Crippen LogP contribution < -0.4 is 5.32 Å². The second kappa shape index (κ2) is 6.91. The molecule has 21 heavy (non-hydrogen) atoms. The van der Waals surface area contributed by atoms with Gasteiger partial charge in [0.15, 0.2) is 5.76 Å². The zero-order valence-corrected chi connectivity index (χ0v) is 12.5. The molecule has 3 heterocycles. The lowest BCUT2D eigenvalue weighted by Gasteiger charge is -2.31. The molecule has 114 valence electrons. The second-order valence-electron chi connectivity index (χ2n) is 5.69. The molecule has 1 fully saturated rings. The number of piperidine rings is 1. The van der Waals surface area contributed by atoms with Crippen molar-refractivity contribution in [3.05, 3.63) is 30.2 Å². The van der Waals surface area contributed by atoms with Gasteiger partial charge in [0.05, 0.1) is 12.0 Å². The summed E-state index contributed by atoms with van der Waals surface area (Å²) in [7, 11) is 0. The Morgan fingerprint density at radius 2 is 2.19 bits per heavy atom. The van der Waals surface area contributed by atoms with Crippen LogP contribution in [-0.2, 0) is 6.54 Å². The topological polar surface area (TPSA) is 54.4 Å². The minimum atomic E-state index is 0.706. The number of furan rings is 1. The fourth-order valence-corrected chi connectivity index (χ4v) is 2.85. The van der Waals surface area contributed by atoms with E-state index in [0.717, 1.165) is 50.1 Å². The van der Waals surface area contributed by atoms with Crippen molar-refractivity contribution in [3.8, 4) is 11.5 Å². The largest absolute Gasteiger partial charge is 0.461 e. The van der Waals surface area contributed by atoms with E-state index in [1.54, 1.807) is 6.26 Å². The highest BCUT2D eigenvalue weighted by Crippen LogP contribution is 2.23. The molecule has 5 heteroatoms. The molecule has 1 N–H and O–H groups in total. The Kier molecular flexibility index (Phi) is 4.72. The van der Waals surface area contributed by atoms with Crippen LogP contribution in [0.2, 0.25) is 0 Å². The van der Waals surface area contributed by atoms with Crippen LogP contribution in [0.1, 0.15) is 25.5 Å². The van der Waals surface area contributed by atoms with Gasteiger partial charge in [0.1, 0.15) is 0 Å². The Bertz CT molecular complexity index is 527. The number of rotatable bonds is 6. The van der Waals surface area contributed by atoms with Gasteiger partial charge in [-0.1, -0.05) is 12.1 Å². The quantitative estimate of drug-likeness (QED) is 0.886. The van der Waals surface area contributed by atoms with Crippen molar-refractivity contribution in [2.24, 2.45) is 5.92 Å². The van der Waals surface area contributed by atoms with Crippen LogP contribution in [0, 0.1) is 5.92 Å². The van der Waals surface area contributed by atoms with Gasteiger partial charge >= 0.3 is 0 Å². The lowest BCUT2D eigenvalue weighted by atomic mass is 9.96. The van der Waals surface area contributed by atoms with Gasteiger partial charge in [0.25, 0.3) is 0 Å². The molecule has 1 aliphatic heterocycles. The fraction of sp³-hybridized carbons (Fsp3) is 0.562. The second-order valence-corrected chi connectivity index (χ2v) is 5.69. The third kappa shape index (κ3) is 3.74. The highest BCUT2D eigenvalue weighted by atomic mass is 16.5. The third-order valence-electron chi connectivity index (χ3n) is 4.10. The average molecular weight is 289 g/mol. The van der Waals surface area contributed by atoms with Gasteiger partial charge in [-0.15, -0.1) is 0 Å². The molecule has 2 aromatic heterocycles. The van der Waals surface area contributed by atoms with Crippen LogP contribution in [0.3, 0.4) is 0 Å². The van der Waals surface area contributed by atoms with Crippen LogP contribution in [0.4, 0.5) is 0 Å². The summed E-state index contributed by atoms with van der Waals surface area (Å²) in [5.41, 5.74) is 0.978. The number of aromatic nitrogens is 1. The van der Waals surface area contributed by atoms with E-state index < -0.39 is 0 Å². The molecule has 0 aliphatic carbocycles. The van der Waals surface area contributed by atoms with Crippen molar-refractivity contribution in [2.45, 2.75) is 26.3 Å². The van der Waals surface area contributed by atoms with Crippen molar-refractivity contribution in [2.75, 3.05) is 26.2 Å². The molecule has 3 rings (SSSR count). The summed E-state index contributed by atoms with van der Waals surface area (Å²) >= 11 is 0. The summed E-state index contributed by atoms with van der Waals surface area (Å²) in [4.78, 5) is 2.45. The van der Waals surface area contributed by atoms with Crippen molar-refractivity contribution in [1.82, 2.24) is 15.4 Å². The highest BCUT2D eigenvalue weighted by molar-refractivity contribution is 5.49. The van der Waals surface area contributed by atoms with E-state index in [0.29, 0.717) is 5.76 Å². The molecule has 0 saturated carbocycles. The predicted octanol–water partition coefficient (Wildman–Crippen LogP) is 2.76. The zero-order valence-electron chi connectivity index (χ0n) is 12.5. The minimum Gasteiger partial charge on any atom is -0.461 e. The van der Waals surface area contributed by atoms with Gasteiger partial charge in [0.2, 0.25) is 5.76 Å². The molecular formula is C16H23N3O2. The van der Waals surface area contributed by atoms with E-state index in [2.05, 4.69) is 22.3 Å². The van der Waals surface area contributed by atoms with Crippen LogP contribution in [0.5, 0.6) is 0 Å². The molecule has 0 spiro atoms. The maximum Gasteiger partial charge on any atom is 0.202 e. The highest BCUT2D eigenvalue weighted by Gasteiger charge is 2.20. The molecule has 0 bridgehead atoms. The molecule has 0 amide bonds. The van der Waals surface area contributed by atoms with Crippen molar-refractivity contribution in [1.29, 1.82) is 0 Å². The van der Waals surface area contributed by atoms with Crippen molar-refractivity contribution >= 4 is 0 Å². The van der Waals surface area contributed by atoms with Gasteiger partial charge in [-0.2, -0.15) is 0 Å². The first-order chi connectivity index (χ1) is 10.3. The van der Waals surface area contributed by atoms with Gasteiger partial charge in [0, 0.05) is 12.6 Å².